The Labute approximate surface area is 119 Å². The number of hydrogen-bond acceptors (Lipinski definition) is 6. The van der Waals surface area contributed by atoms with E-state index < -0.39 is 31.2 Å². The molecular weight excluding hydrogens is 308 g/mol. The van der Waals surface area contributed by atoms with Crippen molar-refractivity contribution in [2.24, 2.45) is 0 Å². The average Bonchev–Trinajstić information content (AvgIpc) is 2.70. The molecule has 1 fully saturated rings. The van der Waals surface area contributed by atoms with E-state index in [1.165, 1.54) is 0 Å². The Morgan fingerprint density at radius 1 is 1.35 bits per heavy atom. The number of nitrogens with one attached hydrogen (secondary N) is 2. The van der Waals surface area contributed by atoms with Crippen LogP contribution in [0.4, 0.5) is 4.79 Å². The number of rotatable bonds is 7. The quantitative estimate of drug-likeness (QED) is 0.592. The van der Waals surface area contributed by atoms with Crippen LogP contribution in [0.5, 0.6) is 0 Å². The molecule has 1 amide bonds. The zero-order valence-electron chi connectivity index (χ0n) is 11.3. The number of carbonyl (C=O) groups excluding carboxylic acids is 1. The molecule has 0 aromatic rings. The highest BCUT2D eigenvalue weighted by Crippen LogP contribution is 2.17. The predicted octanol–water partition coefficient (Wildman–Crippen LogP) is -0.771. The van der Waals surface area contributed by atoms with Crippen LogP contribution in [-0.4, -0.2) is 59.4 Å². The highest BCUT2D eigenvalue weighted by atomic mass is 32.2. The first kappa shape index (κ1) is 17.2. The summed E-state index contributed by atoms with van der Waals surface area (Å²) < 4.78 is 53.2. The van der Waals surface area contributed by atoms with Crippen LogP contribution in [0, 0.1) is 0 Å². The van der Waals surface area contributed by atoms with Crippen LogP contribution in [0.1, 0.15) is 19.8 Å². The first-order valence-electron chi connectivity index (χ1n) is 6.36. The lowest BCUT2D eigenvalue weighted by atomic mass is 10.4. The molecule has 0 unspecified atom stereocenters. The summed E-state index contributed by atoms with van der Waals surface area (Å²) in [5.41, 5.74) is 0. The van der Waals surface area contributed by atoms with Gasteiger partial charge in [0.1, 0.15) is 0 Å². The smallest absolute Gasteiger partial charge is 0.407 e. The van der Waals surface area contributed by atoms with Crippen molar-refractivity contribution in [1.29, 1.82) is 0 Å². The fraction of sp³-hybridized carbons (Fsp3) is 0.900. The SMILES string of the molecule is CCOC(=O)NCCCNS(=O)(=O)[C@@H]1CCS(=O)(=O)C1. The number of sulfonamides is 1. The first-order valence-corrected chi connectivity index (χ1v) is 9.73. The molecule has 1 aliphatic rings. The molecule has 0 aliphatic carbocycles. The van der Waals surface area contributed by atoms with Gasteiger partial charge >= 0.3 is 6.09 Å². The summed E-state index contributed by atoms with van der Waals surface area (Å²) in [6.07, 6.45) is -0.00627. The second kappa shape index (κ2) is 7.23. The zero-order chi connectivity index (χ0) is 15.2. The van der Waals surface area contributed by atoms with E-state index in [0.29, 0.717) is 6.42 Å². The van der Waals surface area contributed by atoms with Crippen molar-refractivity contribution in [3.8, 4) is 0 Å². The molecule has 1 rings (SSSR count). The van der Waals surface area contributed by atoms with Gasteiger partial charge in [0.15, 0.2) is 9.84 Å². The lowest BCUT2D eigenvalue weighted by molar-refractivity contribution is 0.152. The lowest BCUT2D eigenvalue weighted by Gasteiger charge is -2.11. The van der Waals surface area contributed by atoms with Gasteiger partial charge in [-0.05, 0) is 19.8 Å². The van der Waals surface area contributed by atoms with Gasteiger partial charge in [-0.2, -0.15) is 0 Å². The molecule has 0 bridgehead atoms. The van der Waals surface area contributed by atoms with Gasteiger partial charge in [-0.3, -0.25) is 0 Å². The molecule has 0 spiro atoms. The molecule has 10 heteroatoms. The highest BCUT2D eigenvalue weighted by Gasteiger charge is 2.36. The molecule has 0 saturated carbocycles. The average molecular weight is 328 g/mol. The molecule has 0 aromatic heterocycles. The molecule has 0 radical (unpaired) electrons. The van der Waals surface area contributed by atoms with Crippen molar-refractivity contribution in [2.75, 3.05) is 31.2 Å². The maximum absolute atomic E-state index is 11.8. The third-order valence-electron chi connectivity index (χ3n) is 2.83. The Kier molecular flexibility index (Phi) is 6.21. The highest BCUT2D eigenvalue weighted by molar-refractivity contribution is 7.95. The molecule has 8 nitrogen and oxygen atoms in total. The minimum atomic E-state index is -3.62. The monoisotopic (exact) mass is 328 g/mol. The zero-order valence-corrected chi connectivity index (χ0v) is 12.9. The van der Waals surface area contributed by atoms with E-state index in [2.05, 4.69) is 14.8 Å². The van der Waals surface area contributed by atoms with Gasteiger partial charge in [0.25, 0.3) is 0 Å². The largest absolute Gasteiger partial charge is 0.450 e. The molecule has 0 aromatic carbocycles. The fourth-order valence-corrected chi connectivity index (χ4v) is 5.92. The molecule has 1 atom stereocenters. The summed E-state index contributed by atoms with van der Waals surface area (Å²) in [6.45, 7) is 2.38. The van der Waals surface area contributed by atoms with E-state index in [4.69, 9.17) is 0 Å². The van der Waals surface area contributed by atoms with Crippen LogP contribution in [0.15, 0.2) is 0 Å². The van der Waals surface area contributed by atoms with Crippen LogP contribution in [0.3, 0.4) is 0 Å². The lowest BCUT2D eigenvalue weighted by Crippen LogP contribution is -2.37. The van der Waals surface area contributed by atoms with Gasteiger partial charge in [0.05, 0.1) is 23.4 Å². The minimum Gasteiger partial charge on any atom is -0.450 e. The summed E-state index contributed by atoms with van der Waals surface area (Å²) in [4.78, 5) is 10.9. The van der Waals surface area contributed by atoms with Gasteiger partial charge in [-0.15, -0.1) is 0 Å². The second-order valence-electron chi connectivity index (χ2n) is 4.47. The van der Waals surface area contributed by atoms with Gasteiger partial charge < -0.3 is 10.1 Å². The summed E-state index contributed by atoms with van der Waals surface area (Å²) in [5.74, 6) is -0.396. The van der Waals surface area contributed by atoms with E-state index in [9.17, 15) is 21.6 Å². The molecule has 2 N–H and O–H groups in total. The number of hydrogen-bond donors (Lipinski definition) is 2. The second-order valence-corrected chi connectivity index (χ2v) is 8.74. The number of alkyl carbamates (subject to hydrolysis) is 1. The van der Waals surface area contributed by atoms with E-state index in [-0.39, 0.29) is 37.6 Å². The standard InChI is InChI=1S/C10H20N2O6S2/c1-2-18-10(13)11-5-3-6-12-20(16,17)9-4-7-19(14,15)8-9/h9,12H,2-8H2,1H3,(H,11,13)/t9-/m1/s1. The van der Waals surface area contributed by atoms with Gasteiger partial charge in [-0.25, -0.2) is 26.4 Å². The fourth-order valence-electron chi connectivity index (χ4n) is 1.80. The van der Waals surface area contributed by atoms with Crippen LogP contribution < -0.4 is 10.0 Å². The topological polar surface area (TPSA) is 119 Å². The Morgan fingerprint density at radius 3 is 2.60 bits per heavy atom. The van der Waals surface area contributed by atoms with Crippen molar-refractivity contribution in [3.63, 3.8) is 0 Å². The Bertz CT molecular complexity index is 528. The van der Waals surface area contributed by atoms with Crippen LogP contribution >= 0.6 is 0 Å². The number of ether oxygens (including phenoxy) is 1. The third kappa shape index (κ3) is 5.63. The first-order chi connectivity index (χ1) is 9.27. The van der Waals surface area contributed by atoms with Crippen LogP contribution in [0.2, 0.25) is 0 Å². The predicted molar refractivity (Wildman–Crippen MR) is 73.6 cm³/mol. The summed E-state index contributed by atoms with van der Waals surface area (Å²) in [6, 6.07) is 0. The molecule has 118 valence electrons. The van der Waals surface area contributed by atoms with Crippen molar-refractivity contribution in [2.45, 2.75) is 25.0 Å². The molecule has 20 heavy (non-hydrogen) atoms. The van der Waals surface area contributed by atoms with Crippen molar-refractivity contribution in [3.05, 3.63) is 0 Å². The van der Waals surface area contributed by atoms with Gasteiger partial charge in [0.2, 0.25) is 10.0 Å². The van der Waals surface area contributed by atoms with Crippen molar-refractivity contribution >= 4 is 26.0 Å². The third-order valence-corrected chi connectivity index (χ3v) is 6.70. The summed E-state index contributed by atoms with van der Waals surface area (Å²) in [5, 5.41) is 1.59. The molecule has 1 heterocycles. The minimum absolute atomic E-state index is 0.0804. The number of amides is 1. The number of sulfone groups is 1. The summed E-state index contributed by atoms with van der Waals surface area (Å²) in [7, 11) is -6.84. The maximum Gasteiger partial charge on any atom is 0.407 e. The van der Waals surface area contributed by atoms with Crippen LogP contribution in [0.25, 0.3) is 0 Å². The number of carbonyl (C=O) groups is 1. The van der Waals surface area contributed by atoms with E-state index >= 15 is 0 Å². The summed E-state index contributed by atoms with van der Waals surface area (Å²) >= 11 is 0. The van der Waals surface area contributed by atoms with Crippen LogP contribution in [-0.2, 0) is 24.6 Å². The molecule has 1 aliphatic heterocycles. The Morgan fingerprint density at radius 2 is 2.05 bits per heavy atom. The molecule has 1 saturated heterocycles. The maximum atomic E-state index is 11.8. The van der Waals surface area contributed by atoms with Crippen molar-refractivity contribution in [1.82, 2.24) is 10.0 Å². The molecular formula is C10H20N2O6S2. The van der Waals surface area contributed by atoms with E-state index in [0.717, 1.165) is 0 Å². The van der Waals surface area contributed by atoms with Gasteiger partial charge in [-0.1, -0.05) is 0 Å². The van der Waals surface area contributed by atoms with E-state index in [1.54, 1.807) is 6.92 Å². The Hall–Kier alpha value is -0.870. The van der Waals surface area contributed by atoms with Gasteiger partial charge in [0, 0.05) is 13.1 Å². The van der Waals surface area contributed by atoms with Crippen molar-refractivity contribution < 1.29 is 26.4 Å². The van der Waals surface area contributed by atoms with E-state index in [1.807, 2.05) is 0 Å². The Balaban J connectivity index is 2.26. The normalized spacial score (nSPS) is 21.6.